The summed E-state index contributed by atoms with van der Waals surface area (Å²) in [4.78, 5) is 23.5. The van der Waals surface area contributed by atoms with Gasteiger partial charge in [-0.2, -0.15) is 0 Å². The van der Waals surface area contributed by atoms with Gasteiger partial charge < -0.3 is 4.57 Å². The highest BCUT2D eigenvalue weighted by Crippen LogP contribution is 2.36. The van der Waals surface area contributed by atoms with Gasteiger partial charge in [0.25, 0.3) is 5.91 Å². The number of thiazole rings is 1. The van der Waals surface area contributed by atoms with Crippen LogP contribution in [-0.2, 0) is 6.54 Å². The van der Waals surface area contributed by atoms with Crippen molar-refractivity contribution >= 4 is 91.1 Å². The summed E-state index contributed by atoms with van der Waals surface area (Å²) in [6.45, 7) is 1.20. The molecular formula is C18H14Cl4N4OS2. The zero-order valence-electron chi connectivity index (χ0n) is 14.7. The van der Waals surface area contributed by atoms with E-state index in [9.17, 15) is 4.79 Å². The van der Waals surface area contributed by atoms with Crippen LogP contribution in [0.4, 0.5) is 5.13 Å². The lowest BCUT2D eigenvalue weighted by molar-refractivity contribution is 0.0987. The molecule has 0 atom stereocenters. The van der Waals surface area contributed by atoms with E-state index < -0.39 is 0 Å². The van der Waals surface area contributed by atoms with E-state index in [0.29, 0.717) is 36.5 Å². The maximum Gasteiger partial charge on any atom is 0.262 e. The molecule has 0 bridgehead atoms. The van der Waals surface area contributed by atoms with Crippen LogP contribution in [0.5, 0.6) is 0 Å². The van der Waals surface area contributed by atoms with Crippen LogP contribution in [0.25, 0.3) is 10.2 Å². The average Bonchev–Trinajstić information content (AvgIpc) is 3.38. The van der Waals surface area contributed by atoms with Crippen LogP contribution in [0, 0.1) is 0 Å². The second-order valence-electron chi connectivity index (χ2n) is 5.93. The van der Waals surface area contributed by atoms with Crippen LogP contribution in [-0.4, -0.2) is 27.0 Å². The van der Waals surface area contributed by atoms with Crippen molar-refractivity contribution in [2.45, 2.75) is 13.0 Å². The summed E-state index contributed by atoms with van der Waals surface area (Å²) in [5.74, 6) is -0.228. The topological polar surface area (TPSA) is 51.0 Å². The van der Waals surface area contributed by atoms with Crippen molar-refractivity contribution in [3.8, 4) is 0 Å². The molecule has 152 valence electrons. The molecule has 0 aliphatic rings. The third-order valence-electron chi connectivity index (χ3n) is 4.08. The van der Waals surface area contributed by atoms with E-state index in [0.717, 1.165) is 17.7 Å². The van der Waals surface area contributed by atoms with Gasteiger partial charge in [-0.25, -0.2) is 9.97 Å². The van der Waals surface area contributed by atoms with Gasteiger partial charge in [0.05, 0.1) is 25.9 Å². The molecule has 3 aromatic heterocycles. The molecule has 5 nitrogen and oxygen atoms in total. The summed E-state index contributed by atoms with van der Waals surface area (Å²) in [5, 5.41) is 1.14. The number of halogens is 4. The maximum atomic E-state index is 13.2. The zero-order valence-corrected chi connectivity index (χ0v) is 19.4. The molecule has 0 saturated heterocycles. The summed E-state index contributed by atoms with van der Waals surface area (Å²) < 4.78 is 3.73. The van der Waals surface area contributed by atoms with E-state index in [1.54, 1.807) is 29.6 Å². The Morgan fingerprint density at radius 2 is 2.03 bits per heavy atom. The van der Waals surface area contributed by atoms with E-state index in [4.69, 9.17) is 34.8 Å². The largest absolute Gasteiger partial charge is 0.337 e. The number of carbonyl (C=O) groups excluding carboxylic acids is 1. The van der Waals surface area contributed by atoms with Crippen molar-refractivity contribution in [3.63, 3.8) is 0 Å². The molecule has 4 aromatic rings. The number of para-hydroxylation sites is 1. The number of amides is 1. The highest BCUT2D eigenvalue weighted by Gasteiger charge is 2.25. The fraction of sp³-hybridized carbons (Fsp3) is 0.167. The molecule has 1 aromatic carbocycles. The van der Waals surface area contributed by atoms with E-state index in [1.165, 1.54) is 22.7 Å². The predicted molar refractivity (Wildman–Crippen MR) is 125 cm³/mol. The summed E-state index contributed by atoms with van der Waals surface area (Å²) in [5.41, 5.74) is 1.07. The number of fused-ring (bicyclic) bond motifs is 1. The Balaban J connectivity index is 0.00000240. The van der Waals surface area contributed by atoms with E-state index >= 15 is 0 Å². The van der Waals surface area contributed by atoms with Gasteiger partial charge in [-0.15, -0.1) is 23.7 Å². The van der Waals surface area contributed by atoms with Gasteiger partial charge in [0.15, 0.2) is 5.13 Å². The molecule has 3 heterocycles. The monoisotopic (exact) mass is 506 g/mol. The fourth-order valence-electron chi connectivity index (χ4n) is 2.76. The molecule has 0 saturated carbocycles. The summed E-state index contributed by atoms with van der Waals surface area (Å²) in [6, 6.07) is 7.19. The number of rotatable bonds is 6. The van der Waals surface area contributed by atoms with Crippen LogP contribution in [0.2, 0.25) is 13.7 Å². The third-order valence-corrected chi connectivity index (χ3v) is 6.92. The molecule has 0 N–H and O–H groups in total. The van der Waals surface area contributed by atoms with Gasteiger partial charge in [0, 0.05) is 25.5 Å². The second-order valence-corrected chi connectivity index (χ2v) is 9.63. The Morgan fingerprint density at radius 3 is 2.69 bits per heavy atom. The van der Waals surface area contributed by atoms with E-state index in [2.05, 4.69) is 9.97 Å². The molecule has 0 spiro atoms. The lowest BCUT2D eigenvalue weighted by Gasteiger charge is -2.19. The molecule has 4 rings (SSSR count). The molecule has 11 heteroatoms. The fourth-order valence-corrected chi connectivity index (χ4v) is 5.50. The van der Waals surface area contributed by atoms with Crippen LogP contribution in [0.1, 0.15) is 16.8 Å². The first kappa shape index (κ1) is 22.3. The SMILES string of the molecule is Cl.O=C(c1cc(Cl)sc1Cl)N(CCCn1ccnc1)c1nc2c(Cl)cccc2s1. The molecule has 29 heavy (non-hydrogen) atoms. The van der Waals surface area contributed by atoms with Crippen molar-refractivity contribution in [1.82, 2.24) is 14.5 Å². The Kier molecular flexibility index (Phi) is 7.42. The molecule has 0 fully saturated rings. The third kappa shape index (κ3) is 4.87. The standard InChI is InChI=1S/C18H13Cl3N4OS2.ClH/c19-12-3-1-4-13-15(12)23-18(27-13)25(7-2-6-24-8-5-22-10-24)17(26)11-9-14(20)28-16(11)21;/h1,3-5,8-10H,2,6-7H2;1H. The number of hydrogen-bond acceptors (Lipinski definition) is 5. The molecule has 0 aliphatic carbocycles. The second kappa shape index (κ2) is 9.64. The summed E-state index contributed by atoms with van der Waals surface area (Å²) in [7, 11) is 0. The summed E-state index contributed by atoms with van der Waals surface area (Å²) >= 11 is 21.1. The number of hydrogen-bond donors (Lipinski definition) is 0. The lowest BCUT2D eigenvalue weighted by Crippen LogP contribution is -2.32. The predicted octanol–water partition coefficient (Wildman–Crippen LogP) is 6.67. The Bertz CT molecular complexity index is 1130. The van der Waals surface area contributed by atoms with Crippen molar-refractivity contribution in [1.29, 1.82) is 0 Å². The van der Waals surface area contributed by atoms with Crippen molar-refractivity contribution in [2.75, 3.05) is 11.4 Å². The Morgan fingerprint density at radius 1 is 1.21 bits per heavy atom. The van der Waals surface area contributed by atoms with Gasteiger partial charge in [0.2, 0.25) is 0 Å². The smallest absolute Gasteiger partial charge is 0.262 e. The van der Waals surface area contributed by atoms with Crippen molar-refractivity contribution in [3.05, 3.63) is 62.2 Å². The van der Waals surface area contributed by atoms with E-state index in [-0.39, 0.29) is 18.3 Å². The number of anilines is 1. The van der Waals surface area contributed by atoms with Crippen LogP contribution in [0.15, 0.2) is 43.0 Å². The molecule has 0 radical (unpaired) electrons. The van der Waals surface area contributed by atoms with Crippen LogP contribution in [0.3, 0.4) is 0 Å². The number of thiophene rings is 1. The quantitative estimate of drug-likeness (QED) is 0.292. The molecular weight excluding hydrogens is 494 g/mol. The molecule has 0 unspecified atom stereocenters. The number of benzene rings is 1. The zero-order chi connectivity index (χ0) is 19.7. The minimum atomic E-state index is -0.228. The van der Waals surface area contributed by atoms with Gasteiger partial charge in [-0.05, 0) is 24.6 Å². The first-order chi connectivity index (χ1) is 13.5. The minimum absolute atomic E-state index is 0. The highest BCUT2D eigenvalue weighted by atomic mass is 35.5. The number of aryl methyl sites for hydroxylation is 1. The molecule has 1 amide bonds. The van der Waals surface area contributed by atoms with Gasteiger partial charge in [-0.1, -0.05) is 52.2 Å². The van der Waals surface area contributed by atoms with E-state index in [1.807, 2.05) is 22.9 Å². The lowest BCUT2D eigenvalue weighted by atomic mass is 10.3. The minimum Gasteiger partial charge on any atom is -0.337 e. The Hall–Kier alpha value is -1.35. The summed E-state index contributed by atoms with van der Waals surface area (Å²) in [6.07, 6.45) is 6.09. The first-order valence-electron chi connectivity index (χ1n) is 8.30. The van der Waals surface area contributed by atoms with Crippen LogP contribution >= 0.6 is 69.9 Å². The van der Waals surface area contributed by atoms with Crippen molar-refractivity contribution < 1.29 is 4.79 Å². The highest BCUT2D eigenvalue weighted by molar-refractivity contribution is 7.22. The van der Waals surface area contributed by atoms with Crippen LogP contribution < -0.4 is 4.90 Å². The maximum absolute atomic E-state index is 13.2. The molecule has 0 aliphatic heterocycles. The first-order valence-corrected chi connectivity index (χ1v) is 11.1. The normalized spacial score (nSPS) is 10.9. The van der Waals surface area contributed by atoms with Gasteiger partial charge >= 0.3 is 0 Å². The number of nitrogens with zero attached hydrogens (tertiary/aromatic N) is 4. The van der Waals surface area contributed by atoms with Gasteiger partial charge in [0.1, 0.15) is 9.85 Å². The van der Waals surface area contributed by atoms with Crippen molar-refractivity contribution in [2.24, 2.45) is 0 Å². The Labute approximate surface area is 196 Å². The number of carbonyl (C=O) groups is 1. The number of imidazole rings is 1. The van der Waals surface area contributed by atoms with Gasteiger partial charge in [-0.3, -0.25) is 9.69 Å². The number of aromatic nitrogens is 3. The average molecular weight is 508 g/mol.